The molecule has 2 heterocycles. The molecule has 3 rings (SSSR count). The Labute approximate surface area is 120 Å². The number of hydrogen-bond donors (Lipinski definition) is 0. The van der Waals surface area contributed by atoms with Gasteiger partial charge in [0.2, 0.25) is 5.52 Å². The van der Waals surface area contributed by atoms with E-state index in [0.29, 0.717) is 4.73 Å². The zero-order chi connectivity index (χ0) is 14.3. The number of pyridine rings is 1. The fourth-order valence-corrected chi connectivity index (χ4v) is 3.55. The van der Waals surface area contributed by atoms with Crippen molar-refractivity contribution in [2.24, 2.45) is 0 Å². The number of nitrogens with zero attached hydrogens (tertiary/aromatic N) is 2. The van der Waals surface area contributed by atoms with Crippen LogP contribution in [0, 0.1) is 5.21 Å². The van der Waals surface area contributed by atoms with Crippen LogP contribution in [0.5, 0.6) is 0 Å². The van der Waals surface area contributed by atoms with E-state index in [-0.39, 0.29) is 21.0 Å². The maximum absolute atomic E-state index is 12.5. The van der Waals surface area contributed by atoms with Crippen LogP contribution in [0.3, 0.4) is 0 Å². The summed E-state index contributed by atoms with van der Waals surface area (Å²) in [6.45, 7) is 0. The van der Waals surface area contributed by atoms with E-state index in [0.717, 1.165) is 3.97 Å². The molecule has 7 heteroatoms. The van der Waals surface area contributed by atoms with E-state index >= 15 is 0 Å². The normalized spacial score (nSPS) is 11.8. The summed E-state index contributed by atoms with van der Waals surface area (Å²) < 4.78 is 26.7. The van der Waals surface area contributed by atoms with E-state index < -0.39 is 10.0 Å². The van der Waals surface area contributed by atoms with Gasteiger partial charge in [-0.25, -0.2) is 12.4 Å². The van der Waals surface area contributed by atoms with Crippen molar-refractivity contribution >= 4 is 32.7 Å². The van der Waals surface area contributed by atoms with E-state index in [1.165, 1.54) is 36.7 Å². The fraction of sp³-hybridized carbons (Fsp3) is 0. The lowest BCUT2D eigenvalue weighted by molar-refractivity contribution is -0.576. The SMILES string of the molecule is O=S(=O)(c1ccccc1)n1ccc2c1cc(Cl)c[n+]2[O-]. The Morgan fingerprint density at radius 2 is 1.85 bits per heavy atom. The predicted molar refractivity (Wildman–Crippen MR) is 74.9 cm³/mol. The Bertz CT molecular complexity index is 889. The first-order valence-corrected chi connectivity index (χ1v) is 7.52. The van der Waals surface area contributed by atoms with Crippen LogP contribution in [-0.2, 0) is 10.0 Å². The minimum atomic E-state index is -3.75. The number of aromatic nitrogens is 2. The second-order valence-corrected chi connectivity index (χ2v) is 6.44. The molecule has 0 spiro atoms. The van der Waals surface area contributed by atoms with Crippen molar-refractivity contribution < 1.29 is 13.1 Å². The van der Waals surface area contributed by atoms with E-state index in [9.17, 15) is 13.6 Å². The Kier molecular flexibility index (Phi) is 2.92. The monoisotopic (exact) mass is 308 g/mol. The highest BCUT2D eigenvalue weighted by Gasteiger charge is 2.21. The van der Waals surface area contributed by atoms with Crippen molar-refractivity contribution in [1.82, 2.24) is 3.97 Å². The highest BCUT2D eigenvalue weighted by molar-refractivity contribution is 7.90. The number of halogens is 1. The van der Waals surface area contributed by atoms with Crippen molar-refractivity contribution in [3.8, 4) is 0 Å². The average molecular weight is 309 g/mol. The molecule has 5 nitrogen and oxygen atoms in total. The van der Waals surface area contributed by atoms with Gasteiger partial charge < -0.3 is 5.21 Å². The Balaban J connectivity index is 2.31. The zero-order valence-electron chi connectivity index (χ0n) is 10.1. The van der Waals surface area contributed by atoms with Crippen LogP contribution in [0.2, 0.25) is 5.02 Å². The number of rotatable bonds is 2. The summed E-state index contributed by atoms with van der Waals surface area (Å²) in [6.07, 6.45) is 2.53. The third-order valence-electron chi connectivity index (χ3n) is 2.92. The van der Waals surface area contributed by atoms with Crippen molar-refractivity contribution in [3.05, 3.63) is 65.1 Å². The molecule has 0 saturated heterocycles. The van der Waals surface area contributed by atoms with Crippen LogP contribution in [0.1, 0.15) is 0 Å². The van der Waals surface area contributed by atoms with Crippen LogP contribution in [0.15, 0.2) is 59.8 Å². The molecule has 102 valence electrons. The lowest BCUT2D eigenvalue weighted by Crippen LogP contribution is -2.26. The molecule has 1 aromatic carbocycles. The fourth-order valence-electron chi connectivity index (χ4n) is 2.01. The topological polar surface area (TPSA) is 66.0 Å². The third-order valence-corrected chi connectivity index (χ3v) is 4.83. The molecule has 0 aliphatic rings. The van der Waals surface area contributed by atoms with Gasteiger partial charge in [0.1, 0.15) is 10.5 Å². The second-order valence-electron chi connectivity index (χ2n) is 4.18. The van der Waals surface area contributed by atoms with Crippen molar-refractivity contribution in [2.45, 2.75) is 4.90 Å². The largest absolute Gasteiger partial charge is 0.618 e. The first-order valence-electron chi connectivity index (χ1n) is 5.70. The van der Waals surface area contributed by atoms with Crippen LogP contribution in [0.25, 0.3) is 11.0 Å². The molecule has 20 heavy (non-hydrogen) atoms. The quantitative estimate of drug-likeness (QED) is 0.538. The van der Waals surface area contributed by atoms with Gasteiger partial charge in [0.05, 0.1) is 4.90 Å². The lowest BCUT2D eigenvalue weighted by Gasteiger charge is -2.07. The van der Waals surface area contributed by atoms with E-state index in [2.05, 4.69) is 0 Å². The summed E-state index contributed by atoms with van der Waals surface area (Å²) in [5.41, 5.74) is 0.491. The van der Waals surface area contributed by atoms with E-state index in [1.54, 1.807) is 18.2 Å². The maximum Gasteiger partial charge on any atom is 0.268 e. The van der Waals surface area contributed by atoms with Crippen LogP contribution in [0.4, 0.5) is 0 Å². The van der Waals surface area contributed by atoms with Gasteiger partial charge in [0.25, 0.3) is 10.0 Å². The molecule has 0 bridgehead atoms. The van der Waals surface area contributed by atoms with Gasteiger partial charge in [-0.05, 0) is 18.2 Å². The van der Waals surface area contributed by atoms with Gasteiger partial charge in [0, 0.05) is 12.3 Å². The number of benzene rings is 1. The summed E-state index contributed by atoms with van der Waals surface area (Å²) >= 11 is 5.82. The van der Waals surface area contributed by atoms with Gasteiger partial charge >= 0.3 is 0 Å². The van der Waals surface area contributed by atoms with E-state index in [1.807, 2.05) is 0 Å². The minimum absolute atomic E-state index is 0.148. The lowest BCUT2D eigenvalue weighted by atomic mass is 10.4. The van der Waals surface area contributed by atoms with Gasteiger partial charge in [-0.2, -0.15) is 4.73 Å². The highest BCUT2D eigenvalue weighted by atomic mass is 35.5. The molecule has 0 N–H and O–H groups in total. The smallest absolute Gasteiger partial charge is 0.268 e. The van der Waals surface area contributed by atoms with Gasteiger partial charge in [-0.1, -0.05) is 29.8 Å². The number of hydrogen-bond acceptors (Lipinski definition) is 3. The molecular weight excluding hydrogens is 300 g/mol. The molecular formula is C13H9ClN2O3S. The van der Waals surface area contributed by atoms with Gasteiger partial charge in [0.15, 0.2) is 6.20 Å². The van der Waals surface area contributed by atoms with E-state index in [4.69, 9.17) is 11.6 Å². The summed E-state index contributed by atoms with van der Waals surface area (Å²) in [6, 6.07) is 10.9. The molecule has 2 aromatic heterocycles. The molecule has 0 radical (unpaired) electrons. The highest BCUT2D eigenvalue weighted by Crippen LogP contribution is 2.22. The van der Waals surface area contributed by atoms with Crippen LogP contribution < -0.4 is 4.73 Å². The molecule has 3 aromatic rings. The maximum atomic E-state index is 12.5. The summed E-state index contributed by atoms with van der Waals surface area (Å²) in [5.74, 6) is 0. The molecule has 0 atom stereocenters. The summed E-state index contributed by atoms with van der Waals surface area (Å²) in [5, 5.41) is 11.9. The third kappa shape index (κ3) is 1.93. The zero-order valence-corrected chi connectivity index (χ0v) is 11.7. The van der Waals surface area contributed by atoms with Crippen LogP contribution in [-0.4, -0.2) is 12.4 Å². The summed E-state index contributed by atoms with van der Waals surface area (Å²) in [4.78, 5) is 0.148. The Hall–Kier alpha value is -2.05. The van der Waals surface area contributed by atoms with Crippen molar-refractivity contribution in [3.63, 3.8) is 0 Å². The molecule has 0 unspecified atom stereocenters. The molecule has 0 aliphatic carbocycles. The Morgan fingerprint density at radius 3 is 2.55 bits per heavy atom. The van der Waals surface area contributed by atoms with Crippen molar-refractivity contribution in [1.29, 1.82) is 0 Å². The molecule has 0 aliphatic heterocycles. The average Bonchev–Trinajstić information content (AvgIpc) is 2.84. The first kappa shape index (κ1) is 13.0. The number of fused-ring (bicyclic) bond motifs is 1. The minimum Gasteiger partial charge on any atom is -0.618 e. The predicted octanol–water partition coefficient (Wildman–Crippen LogP) is 2.17. The first-order chi connectivity index (χ1) is 9.50. The molecule has 0 saturated carbocycles. The molecule has 0 amide bonds. The van der Waals surface area contributed by atoms with Gasteiger partial charge in [-0.3, -0.25) is 0 Å². The summed E-state index contributed by atoms with van der Waals surface area (Å²) in [7, 11) is -3.75. The standard InChI is InChI=1S/C13H9ClN2O3S/c14-10-8-13-12(15(17)9-10)6-7-16(13)20(18,19)11-4-2-1-3-5-11/h1-9H. The second kappa shape index (κ2) is 4.50. The molecule has 0 fully saturated rings. The Morgan fingerprint density at radius 1 is 1.15 bits per heavy atom. The van der Waals surface area contributed by atoms with Crippen molar-refractivity contribution in [2.75, 3.05) is 0 Å². The van der Waals surface area contributed by atoms with Crippen LogP contribution >= 0.6 is 11.6 Å². The van der Waals surface area contributed by atoms with Gasteiger partial charge in [-0.15, -0.1) is 0 Å².